The van der Waals surface area contributed by atoms with Gasteiger partial charge in [0, 0.05) is 13.0 Å². The summed E-state index contributed by atoms with van der Waals surface area (Å²) in [5.41, 5.74) is 0.975. The Hall–Kier alpha value is -1.36. The van der Waals surface area contributed by atoms with Gasteiger partial charge in [-0.2, -0.15) is 0 Å². The molecule has 0 amide bonds. The van der Waals surface area contributed by atoms with E-state index in [9.17, 15) is 4.79 Å². The molecule has 1 aromatic rings. The number of nitrogens with one attached hydrogen (secondary N) is 1. The molecule has 0 bridgehead atoms. The predicted molar refractivity (Wildman–Crippen MR) is 68.2 cm³/mol. The fourth-order valence-electron chi connectivity index (χ4n) is 1.70. The van der Waals surface area contributed by atoms with Crippen LogP contribution in [0, 0.1) is 12.3 Å². The zero-order chi connectivity index (χ0) is 13.6. The summed E-state index contributed by atoms with van der Waals surface area (Å²) in [5, 5.41) is 12.0. The minimum atomic E-state index is -0.728. The Labute approximate surface area is 108 Å². The van der Waals surface area contributed by atoms with Crippen molar-refractivity contribution in [3.63, 3.8) is 0 Å². The fraction of sp³-hybridized carbons (Fsp3) is 0.692. The molecule has 5 nitrogen and oxygen atoms in total. The molecule has 0 unspecified atom stereocenters. The SMILES string of the molecule is Cc1ocnc1CNCCC(C)(C)CCC(=O)O. The number of carbonyl (C=O) groups is 1. The first-order valence-corrected chi connectivity index (χ1v) is 6.22. The highest BCUT2D eigenvalue weighted by molar-refractivity contribution is 5.66. The molecule has 0 saturated carbocycles. The van der Waals surface area contributed by atoms with Crippen molar-refractivity contribution < 1.29 is 14.3 Å². The molecule has 0 aliphatic heterocycles. The van der Waals surface area contributed by atoms with Crippen molar-refractivity contribution in [1.82, 2.24) is 10.3 Å². The van der Waals surface area contributed by atoms with Crippen LogP contribution in [0.1, 0.15) is 44.6 Å². The molecule has 102 valence electrons. The monoisotopic (exact) mass is 254 g/mol. The Morgan fingerprint density at radius 3 is 2.78 bits per heavy atom. The van der Waals surface area contributed by atoms with Gasteiger partial charge in [0.15, 0.2) is 6.39 Å². The van der Waals surface area contributed by atoms with Crippen molar-refractivity contribution in [2.24, 2.45) is 5.41 Å². The summed E-state index contributed by atoms with van der Waals surface area (Å²) in [5.74, 6) is 0.113. The van der Waals surface area contributed by atoms with Gasteiger partial charge in [-0.3, -0.25) is 4.79 Å². The maximum Gasteiger partial charge on any atom is 0.303 e. The van der Waals surface area contributed by atoms with Crippen LogP contribution in [0.15, 0.2) is 10.8 Å². The lowest BCUT2D eigenvalue weighted by Crippen LogP contribution is -2.23. The van der Waals surface area contributed by atoms with Crippen LogP contribution in [0.2, 0.25) is 0 Å². The van der Waals surface area contributed by atoms with Gasteiger partial charge in [-0.1, -0.05) is 13.8 Å². The lowest BCUT2D eigenvalue weighted by Gasteiger charge is -2.23. The molecule has 0 radical (unpaired) electrons. The molecule has 1 rings (SSSR count). The first-order valence-electron chi connectivity index (χ1n) is 6.22. The standard InChI is InChI=1S/C13H22N2O3/c1-10-11(15-9-18-10)8-14-7-6-13(2,3)5-4-12(16)17/h9,14H,4-8H2,1-3H3,(H,16,17). The van der Waals surface area contributed by atoms with Crippen LogP contribution in [0.25, 0.3) is 0 Å². The van der Waals surface area contributed by atoms with Crippen LogP contribution in [0.5, 0.6) is 0 Å². The summed E-state index contributed by atoms with van der Waals surface area (Å²) in [6, 6.07) is 0. The van der Waals surface area contributed by atoms with Gasteiger partial charge in [-0.05, 0) is 31.7 Å². The Kier molecular flexibility index (Phi) is 5.34. The molecule has 18 heavy (non-hydrogen) atoms. The number of oxazole rings is 1. The van der Waals surface area contributed by atoms with Gasteiger partial charge in [0.05, 0.1) is 5.69 Å². The number of carboxylic acid groups (broad SMARTS) is 1. The molecule has 2 N–H and O–H groups in total. The van der Waals surface area contributed by atoms with Crippen LogP contribution in [0.4, 0.5) is 0 Å². The van der Waals surface area contributed by atoms with E-state index in [1.807, 2.05) is 6.92 Å². The Morgan fingerprint density at radius 2 is 2.22 bits per heavy atom. The maximum atomic E-state index is 10.5. The fourth-order valence-corrected chi connectivity index (χ4v) is 1.70. The third-order valence-corrected chi connectivity index (χ3v) is 3.13. The minimum Gasteiger partial charge on any atom is -0.481 e. The van der Waals surface area contributed by atoms with Crippen molar-refractivity contribution in [2.45, 2.75) is 46.6 Å². The van der Waals surface area contributed by atoms with Gasteiger partial charge < -0.3 is 14.8 Å². The highest BCUT2D eigenvalue weighted by Crippen LogP contribution is 2.26. The van der Waals surface area contributed by atoms with E-state index in [4.69, 9.17) is 9.52 Å². The average Bonchev–Trinajstić information content (AvgIpc) is 2.68. The molecule has 1 heterocycles. The third-order valence-electron chi connectivity index (χ3n) is 3.13. The maximum absolute atomic E-state index is 10.5. The predicted octanol–water partition coefficient (Wildman–Crippen LogP) is 2.35. The summed E-state index contributed by atoms with van der Waals surface area (Å²) in [4.78, 5) is 14.6. The lowest BCUT2D eigenvalue weighted by atomic mass is 9.84. The molecule has 5 heteroatoms. The molecule has 0 aliphatic rings. The highest BCUT2D eigenvalue weighted by Gasteiger charge is 2.18. The van der Waals surface area contributed by atoms with Crippen LogP contribution in [-0.2, 0) is 11.3 Å². The second-order valence-corrected chi connectivity index (χ2v) is 5.34. The third kappa shape index (κ3) is 5.31. The molecule has 0 aromatic carbocycles. The van der Waals surface area contributed by atoms with Gasteiger partial charge in [0.1, 0.15) is 5.76 Å². The summed E-state index contributed by atoms with van der Waals surface area (Å²) < 4.78 is 5.11. The van der Waals surface area contributed by atoms with Gasteiger partial charge in [-0.15, -0.1) is 0 Å². The van der Waals surface area contributed by atoms with Gasteiger partial charge in [-0.25, -0.2) is 4.98 Å². The molecule has 0 spiro atoms. The summed E-state index contributed by atoms with van der Waals surface area (Å²) in [6.45, 7) is 7.62. The second kappa shape index (κ2) is 6.54. The first kappa shape index (κ1) is 14.7. The summed E-state index contributed by atoms with van der Waals surface area (Å²) >= 11 is 0. The van der Waals surface area contributed by atoms with Crippen LogP contribution < -0.4 is 5.32 Å². The van der Waals surface area contributed by atoms with Crippen molar-refractivity contribution in [1.29, 1.82) is 0 Å². The zero-order valence-corrected chi connectivity index (χ0v) is 11.3. The number of hydrogen-bond donors (Lipinski definition) is 2. The van der Waals surface area contributed by atoms with E-state index in [1.165, 1.54) is 6.39 Å². The topological polar surface area (TPSA) is 75.4 Å². The number of aliphatic carboxylic acids is 1. The number of aryl methyl sites for hydroxylation is 1. The molecule has 0 aliphatic carbocycles. The largest absolute Gasteiger partial charge is 0.481 e. The molecule has 0 fully saturated rings. The van der Waals surface area contributed by atoms with Crippen molar-refractivity contribution in [3.05, 3.63) is 17.8 Å². The number of rotatable bonds is 8. The number of nitrogens with zero attached hydrogens (tertiary/aromatic N) is 1. The van der Waals surface area contributed by atoms with E-state index >= 15 is 0 Å². The van der Waals surface area contributed by atoms with Crippen molar-refractivity contribution in [2.75, 3.05) is 6.54 Å². The van der Waals surface area contributed by atoms with E-state index in [0.717, 1.165) is 24.4 Å². The minimum absolute atomic E-state index is 0.0459. The number of carboxylic acids is 1. The quantitative estimate of drug-likeness (QED) is 0.696. The summed E-state index contributed by atoms with van der Waals surface area (Å²) in [7, 11) is 0. The Morgan fingerprint density at radius 1 is 1.50 bits per heavy atom. The van der Waals surface area contributed by atoms with Gasteiger partial charge in [0.2, 0.25) is 0 Å². The van der Waals surface area contributed by atoms with Crippen molar-refractivity contribution in [3.8, 4) is 0 Å². The normalized spacial score (nSPS) is 11.7. The van der Waals surface area contributed by atoms with Crippen LogP contribution >= 0.6 is 0 Å². The highest BCUT2D eigenvalue weighted by atomic mass is 16.4. The molecule has 1 aromatic heterocycles. The first-order chi connectivity index (χ1) is 8.41. The Balaban J connectivity index is 2.20. The van der Waals surface area contributed by atoms with E-state index in [2.05, 4.69) is 24.1 Å². The molecule has 0 saturated heterocycles. The van der Waals surface area contributed by atoms with Gasteiger partial charge >= 0.3 is 5.97 Å². The van der Waals surface area contributed by atoms with Crippen LogP contribution in [-0.4, -0.2) is 22.6 Å². The number of hydrogen-bond acceptors (Lipinski definition) is 4. The van der Waals surface area contributed by atoms with E-state index in [1.54, 1.807) is 0 Å². The average molecular weight is 254 g/mol. The zero-order valence-electron chi connectivity index (χ0n) is 11.3. The van der Waals surface area contributed by atoms with Gasteiger partial charge in [0.25, 0.3) is 0 Å². The summed E-state index contributed by atoms with van der Waals surface area (Å²) in [6.07, 6.45) is 3.32. The molecular weight excluding hydrogens is 232 g/mol. The molecular formula is C13H22N2O3. The smallest absolute Gasteiger partial charge is 0.303 e. The number of aromatic nitrogens is 1. The van der Waals surface area contributed by atoms with E-state index in [0.29, 0.717) is 13.0 Å². The van der Waals surface area contributed by atoms with E-state index in [-0.39, 0.29) is 11.8 Å². The Bertz CT molecular complexity index is 385. The van der Waals surface area contributed by atoms with Crippen molar-refractivity contribution >= 4 is 5.97 Å². The lowest BCUT2D eigenvalue weighted by molar-refractivity contribution is -0.137. The second-order valence-electron chi connectivity index (χ2n) is 5.34. The molecule has 0 atom stereocenters. The van der Waals surface area contributed by atoms with Crippen LogP contribution in [0.3, 0.4) is 0 Å². The van der Waals surface area contributed by atoms with E-state index < -0.39 is 5.97 Å².